The molecule has 7 heteroatoms. The monoisotopic (exact) mass is 393 g/mol. The average molecular weight is 393 g/mol. The normalized spacial score (nSPS) is 18.8. The van der Waals surface area contributed by atoms with Crippen molar-refractivity contribution in [1.29, 1.82) is 0 Å². The third kappa shape index (κ3) is 4.14. The molecule has 2 N–H and O–H groups in total. The fraction of sp³-hybridized carbons (Fsp3) is 0.318. The summed E-state index contributed by atoms with van der Waals surface area (Å²) < 4.78 is 7.41. The van der Waals surface area contributed by atoms with Crippen LogP contribution in [0.25, 0.3) is 16.7 Å². The van der Waals surface area contributed by atoms with Gasteiger partial charge in [-0.25, -0.2) is 4.98 Å². The molecule has 7 nitrogen and oxygen atoms in total. The van der Waals surface area contributed by atoms with Crippen LogP contribution in [0.2, 0.25) is 0 Å². The predicted molar refractivity (Wildman–Crippen MR) is 108 cm³/mol. The Hall–Kier alpha value is -3.19. The number of para-hydroxylation sites is 3. The number of carboxylic acids is 1. The van der Waals surface area contributed by atoms with Crippen molar-refractivity contribution in [3.8, 4) is 5.69 Å². The number of ether oxygens (including phenoxy) is 1. The van der Waals surface area contributed by atoms with E-state index in [-0.39, 0.29) is 25.4 Å². The highest BCUT2D eigenvalue weighted by atomic mass is 16.5. The zero-order valence-electron chi connectivity index (χ0n) is 16.0. The van der Waals surface area contributed by atoms with E-state index in [4.69, 9.17) is 9.72 Å². The summed E-state index contributed by atoms with van der Waals surface area (Å²) in [5.41, 5.74) is 2.03. The van der Waals surface area contributed by atoms with Crippen molar-refractivity contribution in [3.05, 3.63) is 60.4 Å². The maximum Gasteiger partial charge on any atom is 0.305 e. The summed E-state index contributed by atoms with van der Waals surface area (Å²) >= 11 is 0. The molecule has 1 fully saturated rings. The highest BCUT2D eigenvalue weighted by molar-refractivity contribution is 5.80. The molecule has 4 rings (SSSR count). The molecule has 2 aromatic carbocycles. The van der Waals surface area contributed by atoms with Crippen LogP contribution in [0.4, 0.5) is 0 Å². The van der Waals surface area contributed by atoms with Crippen molar-refractivity contribution in [2.45, 2.75) is 31.2 Å². The number of benzene rings is 2. The van der Waals surface area contributed by atoms with Gasteiger partial charge in [0.05, 0.1) is 29.6 Å². The van der Waals surface area contributed by atoms with Crippen molar-refractivity contribution in [2.75, 3.05) is 13.2 Å². The Bertz CT molecular complexity index is 1020. The molecule has 1 atom stereocenters. The maximum atomic E-state index is 12.6. The summed E-state index contributed by atoms with van der Waals surface area (Å²) in [6, 6.07) is 17.8. The molecule has 1 aromatic heterocycles. The number of nitrogens with one attached hydrogen (secondary N) is 1. The lowest BCUT2D eigenvalue weighted by atomic mass is 9.94. The van der Waals surface area contributed by atoms with Gasteiger partial charge in [-0.1, -0.05) is 30.3 Å². The van der Waals surface area contributed by atoms with Gasteiger partial charge in [0.25, 0.3) is 0 Å². The highest BCUT2D eigenvalue weighted by Gasteiger charge is 2.38. The number of carboxylic acid groups (broad SMARTS) is 1. The summed E-state index contributed by atoms with van der Waals surface area (Å²) in [6.45, 7) is 0.685. The number of fused-ring (bicyclic) bond motifs is 1. The van der Waals surface area contributed by atoms with E-state index < -0.39 is 11.5 Å². The first-order valence-electron chi connectivity index (χ1n) is 9.69. The van der Waals surface area contributed by atoms with Crippen LogP contribution < -0.4 is 5.32 Å². The smallest absolute Gasteiger partial charge is 0.305 e. The number of hydrogen-bond donors (Lipinski definition) is 2. The standard InChI is InChI=1S/C22H23N3O4/c26-20(24-22(14-21(27)28)12-13-29-15-22)11-10-19-23-17-8-4-5-9-18(17)25(19)16-6-2-1-3-7-16/h1-9H,10-15H2,(H,24,26)(H,27,28). The summed E-state index contributed by atoms with van der Waals surface area (Å²) in [5.74, 6) is -0.340. The molecule has 1 saturated heterocycles. The molecule has 0 radical (unpaired) electrons. The molecule has 1 aliphatic rings. The summed E-state index contributed by atoms with van der Waals surface area (Å²) in [6.07, 6.45) is 1.03. The molecule has 1 amide bonds. The lowest BCUT2D eigenvalue weighted by Gasteiger charge is -2.27. The molecule has 0 spiro atoms. The maximum absolute atomic E-state index is 12.6. The SMILES string of the molecule is O=C(O)CC1(NC(=O)CCc2nc3ccccc3n2-c2ccccc2)CCOC1. The van der Waals surface area contributed by atoms with E-state index in [1.807, 2.05) is 54.6 Å². The average Bonchev–Trinajstić information content (AvgIpc) is 3.30. The molecular formula is C22H23N3O4. The topological polar surface area (TPSA) is 93.5 Å². The Morgan fingerprint density at radius 3 is 2.62 bits per heavy atom. The fourth-order valence-electron chi connectivity index (χ4n) is 3.87. The van der Waals surface area contributed by atoms with E-state index >= 15 is 0 Å². The van der Waals surface area contributed by atoms with Crippen LogP contribution in [0, 0.1) is 0 Å². The van der Waals surface area contributed by atoms with Crippen LogP contribution >= 0.6 is 0 Å². The zero-order valence-corrected chi connectivity index (χ0v) is 16.0. The Labute approximate surface area is 168 Å². The van der Waals surface area contributed by atoms with Gasteiger partial charge in [-0.3, -0.25) is 14.2 Å². The van der Waals surface area contributed by atoms with Crippen molar-refractivity contribution in [2.24, 2.45) is 0 Å². The van der Waals surface area contributed by atoms with Gasteiger partial charge in [0.15, 0.2) is 0 Å². The number of aromatic nitrogens is 2. The molecule has 0 saturated carbocycles. The van der Waals surface area contributed by atoms with Crippen LogP contribution in [-0.2, 0) is 20.7 Å². The molecule has 0 aliphatic carbocycles. The number of rotatable bonds is 7. The van der Waals surface area contributed by atoms with E-state index in [1.165, 1.54) is 0 Å². The Kier molecular flexibility index (Phi) is 5.31. The van der Waals surface area contributed by atoms with Crippen LogP contribution in [-0.4, -0.2) is 45.3 Å². The lowest BCUT2D eigenvalue weighted by Crippen LogP contribution is -2.50. The van der Waals surface area contributed by atoms with Crippen LogP contribution in [0.5, 0.6) is 0 Å². The van der Waals surface area contributed by atoms with Gasteiger partial charge in [0.1, 0.15) is 5.82 Å². The van der Waals surface area contributed by atoms with Crippen LogP contribution in [0.3, 0.4) is 0 Å². The Balaban J connectivity index is 1.54. The molecule has 2 heterocycles. The highest BCUT2D eigenvalue weighted by Crippen LogP contribution is 2.24. The number of aliphatic carboxylic acids is 1. The van der Waals surface area contributed by atoms with E-state index in [9.17, 15) is 14.7 Å². The number of carbonyl (C=O) groups excluding carboxylic acids is 1. The van der Waals surface area contributed by atoms with Gasteiger partial charge < -0.3 is 15.2 Å². The minimum absolute atomic E-state index is 0.138. The van der Waals surface area contributed by atoms with Crippen LogP contribution in [0.1, 0.15) is 25.1 Å². The minimum atomic E-state index is -0.943. The summed E-state index contributed by atoms with van der Waals surface area (Å²) in [7, 11) is 0. The Morgan fingerprint density at radius 2 is 1.90 bits per heavy atom. The van der Waals surface area contributed by atoms with Gasteiger partial charge in [0.2, 0.25) is 5.91 Å². The Morgan fingerprint density at radius 1 is 1.14 bits per heavy atom. The molecular weight excluding hydrogens is 370 g/mol. The first-order chi connectivity index (χ1) is 14.1. The van der Waals surface area contributed by atoms with Gasteiger partial charge in [-0.05, 0) is 30.7 Å². The van der Waals surface area contributed by atoms with Crippen molar-refractivity contribution in [1.82, 2.24) is 14.9 Å². The second-order valence-corrected chi connectivity index (χ2v) is 7.39. The number of nitrogens with zero attached hydrogens (tertiary/aromatic N) is 2. The molecule has 150 valence electrons. The van der Waals surface area contributed by atoms with E-state index in [0.717, 1.165) is 22.5 Å². The predicted octanol–water partition coefficient (Wildman–Crippen LogP) is 2.71. The lowest BCUT2D eigenvalue weighted by molar-refractivity contribution is -0.139. The van der Waals surface area contributed by atoms with Gasteiger partial charge in [-0.2, -0.15) is 0 Å². The number of aryl methyl sites for hydroxylation is 1. The largest absolute Gasteiger partial charge is 0.481 e. The molecule has 3 aromatic rings. The second-order valence-electron chi connectivity index (χ2n) is 7.39. The molecule has 0 bridgehead atoms. The fourth-order valence-corrected chi connectivity index (χ4v) is 3.87. The molecule has 1 unspecified atom stereocenters. The van der Waals surface area contributed by atoms with Crippen molar-refractivity contribution >= 4 is 22.9 Å². The van der Waals surface area contributed by atoms with Gasteiger partial charge >= 0.3 is 5.97 Å². The molecule has 1 aliphatic heterocycles. The summed E-state index contributed by atoms with van der Waals surface area (Å²) in [5, 5.41) is 12.1. The number of amides is 1. The third-order valence-electron chi connectivity index (χ3n) is 5.22. The number of imidazole rings is 1. The van der Waals surface area contributed by atoms with Crippen molar-refractivity contribution in [3.63, 3.8) is 0 Å². The van der Waals surface area contributed by atoms with Crippen LogP contribution in [0.15, 0.2) is 54.6 Å². The van der Waals surface area contributed by atoms with E-state index in [0.29, 0.717) is 19.4 Å². The van der Waals surface area contributed by atoms with Gasteiger partial charge in [-0.15, -0.1) is 0 Å². The zero-order chi connectivity index (χ0) is 20.3. The van der Waals surface area contributed by atoms with E-state index in [2.05, 4.69) is 9.88 Å². The third-order valence-corrected chi connectivity index (χ3v) is 5.22. The van der Waals surface area contributed by atoms with Gasteiger partial charge in [0, 0.05) is 25.1 Å². The first-order valence-corrected chi connectivity index (χ1v) is 9.69. The van der Waals surface area contributed by atoms with Crippen molar-refractivity contribution < 1.29 is 19.4 Å². The van der Waals surface area contributed by atoms with E-state index in [1.54, 1.807) is 0 Å². The second kappa shape index (κ2) is 8.05. The quantitative estimate of drug-likeness (QED) is 0.644. The summed E-state index contributed by atoms with van der Waals surface area (Å²) in [4.78, 5) is 28.6. The number of carbonyl (C=O) groups is 2. The minimum Gasteiger partial charge on any atom is -0.481 e. The first kappa shape index (κ1) is 19.1. The molecule has 29 heavy (non-hydrogen) atoms. The number of hydrogen-bond acceptors (Lipinski definition) is 4.